The number of nitrogens with one attached hydrogen (secondary N) is 1. The lowest BCUT2D eigenvalue weighted by Gasteiger charge is -2.22. The van der Waals surface area contributed by atoms with Crippen molar-refractivity contribution in [2.24, 2.45) is 0 Å². The van der Waals surface area contributed by atoms with Crippen LogP contribution in [-0.2, 0) is 9.84 Å². The number of carbonyl (C=O) groups is 1. The van der Waals surface area contributed by atoms with Crippen molar-refractivity contribution in [1.82, 2.24) is 5.32 Å². The standard InChI is InChI=1S/C23H20BrCl2F6NO4S/c1-11(9-38(36,37)10-23(30,31)32)33-21(35)14-4-3-12(5-16(14)24)18(27)8-15(22(2,28)29)13-6-17(25)20(26)19(34)7-13/h3-8,11,15,34H,9-10H2,1-2H3,(H,33,35)/b18-8-/t11-,15?/m1/s1. The number of benzene rings is 2. The van der Waals surface area contributed by atoms with Gasteiger partial charge in [0, 0.05) is 23.0 Å². The number of sulfone groups is 1. The molecular formula is C23H20BrCl2F6NO4S. The summed E-state index contributed by atoms with van der Waals surface area (Å²) in [5, 5.41) is 11.6. The van der Waals surface area contributed by atoms with Gasteiger partial charge in [-0.15, -0.1) is 0 Å². The lowest BCUT2D eigenvalue weighted by atomic mass is 9.91. The zero-order chi connectivity index (χ0) is 29.2. The zero-order valence-electron chi connectivity index (χ0n) is 19.5. The van der Waals surface area contributed by atoms with Crippen molar-refractivity contribution in [2.45, 2.75) is 37.9 Å². The molecule has 1 amide bonds. The third-order valence-corrected chi connectivity index (χ3v) is 8.23. The third kappa shape index (κ3) is 9.06. The molecule has 210 valence electrons. The van der Waals surface area contributed by atoms with Crippen molar-refractivity contribution in [3.05, 3.63) is 67.6 Å². The molecule has 1 unspecified atom stereocenters. The highest BCUT2D eigenvalue weighted by molar-refractivity contribution is 9.10. The van der Waals surface area contributed by atoms with Crippen molar-refractivity contribution in [3.8, 4) is 5.75 Å². The molecule has 2 N–H and O–H groups in total. The highest BCUT2D eigenvalue weighted by atomic mass is 79.9. The summed E-state index contributed by atoms with van der Waals surface area (Å²) in [7, 11) is -4.55. The van der Waals surface area contributed by atoms with E-state index >= 15 is 4.39 Å². The van der Waals surface area contributed by atoms with Gasteiger partial charge in [-0.05, 0) is 58.8 Å². The largest absolute Gasteiger partial charge is 0.506 e. The van der Waals surface area contributed by atoms with Crippen LogP contribution in [0.5, 0.6) is 5.75 Å². The molecule has 2 aromatic carbocycles. The Morgan fingerprint density at radius 1 is 1.16 bits per heavy atom. The molecule has 0 aliphatic rings. The average Bonchev–Trinajstić information content (AvgIpc) is 2.71. The summed E-state index contributed by atoms with van der Waals surface area (Å²) in [6.45, 7) is 1.74. The Labute approximate surface area is 232 Å². The van der Waals surface area contributed by atoms with Gasteiger partial charge in [0.1, 0.15) is 22.4 Å². The van der Waals surface area contributed by atoms with Crippen LogP contribution < -0.4 is 5.32 Å². The van der Waals surface area contributed by atoms with Gasteiger partial charge in [-0.2, -0.15) is 13.2 Å². The first-order valence-electron chi connectivity index (χ1n) is 10.5. The highest BCUT2D eigenvalue weighted by Crippen LogP contribution is 2.42. The molecule has 0 bridgehead atoms. The molecule has 0 radical (unpaired) electrons. The van der Waals surface area contributed by atoms with Crippen LogP contribution in [0.15, 0.2) is 40.9 Å². The van der Waals surface area contributed by atoms with Crippen molar-refractivity contribution in [2.75, 3.05) is 11.5 Å². The number of halogens is 9. The molecule has 0 aliphatic heterocycles. The molecule has 38 heavy (non-hydrogen) atoms. The Bertz CT molecular complexity index is 1320. The van der Waals surface area contributed by atoms with E-state index in [4.69, 9.17) is 23.2 Å². The first-order valence-corrected chi connectivity index (χ1v) is 13.9. The van der Waals surface area contributed by atoms with Gasteiger partial charge in [0.2, 0.25) is 0 Å². The van der Waals surface area contributed by atoms with Gasteiger partial charge in [-0.1, -0.05) is 29.3 Å². The summed E-state index contributed by atoms with van der Waals surface area (Å²) in [4.78, 5) is 12.5. The van der Waals surface area contributed by atoms with Gasteiger partial charge in [0.05, 0.1) is 22.3 Å². The van der Waals surface area contributed by atoms with Gasteiger partial charge in [-0.3, -0.25) is 4.79 Å². The number of carbonyl (C=O) groups excluding carboxylic acids is 1. The smallest absolute Gasteiger partial charge is 0.402 e. The predicted octanol–water partition coefficient (Wildman–Crippen LogP) is 7.31. The molecule has 0 heterocycles. The molecule has 15 heteroatoms. The molecule has 0 fully saturated rings. The normalized spacial score (nSPS) is 14.8. The summed E-state index contributed by atoms with van der Waals surface area (Å²) in [6, 6.07) is 4.11. The van der Waals surface area contributed by atoms with E-state index in [1.165, 1.54) is 6.92 Å². The van der Waals surface area contributed by atoms with E-state index in [0.29, 0.717) is 13.0 Å². The number of allylic oxidation sites excluding steroid dienone is 1. The second-order valence-corrected chi connectivity index (χ2v) is 12.3. The summed E-state index contributed by atoms with van der Waals surface area (Å²) in [5.74, 6) is -10.9. The number of amides is 1. The van der Waals surface area contributed by atoms with Crippen LogP contribution in [0.3, 0.4) is 0 Å². The van der Waals surface area contributed by atoms with E-state index in [-0.39, 0.29) is 31.2 Å². The fourth-order valence-electron chi connectivity index (χ4n) is 3.43. The summed E-state index contributed by atoms with van der Waals surface area (Å²) < 4.78 is 104. The van der Waals surface area contributed by atoms with Crippen molar-refractivity contribution >= 4 is 60.7 Å². The van der Waals surface area contributed by atoms with Crippen LogP contribution in [0.25, 0.3) is 5.83 Å². The maximum Gasteiger partial charge on any atom is 0.402 e. The molecule has 0 aromatic heterocycles. The van der Waals surface area contributed by atoms with E-state index in [9.17, 15) is 40.3 Å². The number of alkyl halides is 5. The lowest BCUT2D eigenvalue weighted by molar-refractivity contribution is -0.106. The predicted molar refractivity (Wildman–Crippen MR) is 136 cm³/mol. The minimum absolute atomic E-state index is 0.00612. The van der Waals surface area contributed by atoms with Crippen molar-refractivity contribution in [3.63, 3.8) is 0 Å². The van der Waals surface area contributed by atoms with Crippen molar-refractivity contribution < 1.29 is 44.7 Å². The van der Waals surface area contributed by atoms with Gasteiger partial charge >= 0.3 is 6.18 Å². The number of phenols is 1. The number of hydrogen-bond acceptors (Lipinski definition) is 4. The first kappa shape index (κ1) is 32.3. The molecule has 0 spiro atoms. The minimum atomic E-state index is -4.93. The molecular weight excluding hydrogens is 651 g/mol. The van der Waals surface area contributed by atoms with Gasteiger partial charge in [0.15, 0.2) is 9.84 Å². The molecule has 0 saturated carbocycles. The lowest BCUT2D eigenvalue weighted by Crippen LogP contribution is -2.39. The maximum absolute atomic E-state index is 15.1. The summed E-state index contributed by atoms with van der Waals surface area (Å²) in [5.41, 5.74) is -0.551. The zero-order valence-corrected chi connectivity index (χ0v) is 23.4. The fourth-order valence-corrected chi connectivity index (χ4v) is 5.78. The molecule has 2 aromatic rings. The number of phenolic OH excluding ortho intramolecular Hbond substituents is 1. The molecule has 0 aliphatic carbocycles. The van der Waals surface area contributed by atoms with Crippen LogP contribution >= 0.6 is 39.1 Å². The molecule has 2 rings (SSSR count). The number of rotatable bonds is 9. The fraction of sp³-hybridized carbons (Fsp3) is 0.348. The van der Waals surface area contributed by atoms with E-state index < -0.39 is 62.9 Å². The number of hydrogen-bond donors (Lipinski definition) is 2. The Kier molecular flexibility index (Phi) is 10.2. The van der Waals surface area contributed by atoms with Crippen LogP contribution in [-0.4, -0.2) is 49.1 Å². The quantitative estimate of drug-likeness (QED) is 0.274. The highest BCUT2D eigenvalue weighted by Gasteiger charge is 2.36. The van der Waals surface area contributed by atoms with Crippen LogP contribution in [0.1, 0.15) is 41.3 Å². The van der Waals surface area contributed by atoms with Gasteiger partial charge in [-0.25, -0.2) is 21.6 Å². The third-order valence-electron chi connectivity index (χ3n) is 5.00. The van der Waals surface area contributed by atoms with Crippen molar-refractivity contribution in [1.29, 1.82) is 0 Å². The first-order chi connectivity index (χ1) is 17.2. The Morgan fingerprint density at radius 2 is 1.76 bits per heavy atom. The van der Waals surface area contributed by atoms with E-state index in [0.717, 1.165) is 30.3 Å². The molecule has 5 nitrogen and oxygen atoms in total. The minimum Gasteiger partial charge on any atom is -0.506 e. The SMILES string of the molecule is C[C@H](CS(=O)(=O)CC(F)(F)F)NC(=O)c1ccc(/C(F)=C/C(c2cc(O)c(Cl)c(Cl)c2)C(C)(F)F)cc1Br. The Hall–Kier alpha value is -1.96. The Balaban J connectivity index is 2.28. The van der Waals surface area contributed by atoms with E-state index in [2.05, 4.69) is 21.2 Å². The summed E-state index contributed by atoms with van der Waals surface area (Å²) >= 11 is 14.6. The second kappa shape index (κ2) is 12.1. The number of aromatic hydroxyl groups is 1. The van der Waals surface area contributed by atoms with Crippen LogP contribution in [0, 0.1) is 0 Å². The van der Waals surface area contributed by atoms with Gasteiger partial charge < -0.3 is 10.4 Å². The maximum atomic E-state index is 15.1. The van der Waals surface area contributed by atoms with E-state index in [1.807, 2.05) is 0 Å². The monoisotopic (exact) mass is 669 g/mol. The van der Waals surface area contributed by atoms with Crippen LogP contribution in [0.2, 0.25) is 10.0 Å². The topological polar surface area (TPSA) is 83.5 Å². The second-order valence-electron chi connectivity index (χ2n) is 8.52. The van der Waals surface area contributed by atoms with Crippen LogP contribution in [0.4, 0.5) is 26.3 Å². The molecule has 2 atom stereocenters. The average molecular weight is 671 g/mol. The van der Waals surface area contributed by atoms with Gasteiger partial charge in [0.25, 0.3) is 11.8 Å². The summed E-state index contributed by atoms with van der Waals surface area (Å²) in [6.07, 6.45) is -4.33. The van der Waals surface area contributed by atoms with E-state index in [1.54, 1.807) is 0 Å². The Morgan fingerprint density at radius 3 is 2.26 bits per heavy atom. The molecule has 0 saturated heterocycles.